The number of hydrogen-bond acceptors (Lipinski definition) is 5. The van der Waals surface area contributed by atoms with Gasteiger partial charge in [0.2, 0.25) is 0 Å². The lowest BCUT2D eigenvalue weighted by Crippen LogP contribution is -2.13. The second-order valence-electron chi connectivity index (χ2n) is 7.65. The predicted octanol–water partition coefficient (Wildman–Crippen LogP) is 4.83. The number of aryl methyl sites for hydroxylation is 2. The third kappa shape index (κ3) is 5.27. The highest BCUT2D eigenvalue weighted by atomic mass is 16.5. The zero-order valence-corrected chi connectivity index (χ0v) is 18.9. The summed E-state index contributed by atoms with van der Waals surface area (Å²) in [5, 5.41) is 7.49. The quantitative estimate of drug-likeness (QED) is 0.396. The lowest BCUT2D eigenvalue weighted by Gasteiger charge is -2.10. The van der Waals surface area contributed by atoms with E-state index in [0.29, 0.717) is 30.3 Å². The molecule has 0 radical (unpaired) electrons. The fraction of sp³-hybridized carbons (Fsp3) is 0.192. The molecule has 0 unspecified atom stereocenters. The number of rotatable bonds is 8. The predicted molar refractivity (Wildman–Crippen MR) is 128 cm³/mol. The smallest absolute Gasteiger partial charge is 0.336 e. The van der Waals surface area contributed by atoms with Gasteiger partial charge in [-0.05, 0) is 49.7 Å². The Hall–Kier alpha value is -3.97. The molecule has 3 aromatic carbocycles. The average molecular weight is 443 g/mol. The number of carbonyl (C=O) groups is 1. The van der Waals surface area contributed by atoms with Crippen molar-refractivity contribution in [2.75, 3.05) is 25.6 Å². The highest BCUT2D eigenvalue weighted by Gasteiger charge is 2.15. The molecule has 7 heteroatoms. The molecule has 4 rings (SSSR count). The van der Waals surface area contributed by atoms with Gasteiger partial charge in [0, 0.05) is 23.9 Å². The van der Waals surface area contributed by atoms with Gasteiger partial charge < -0.3 is 14.8 Å². The number of nitrogens with one attached hydrogen (secondary N) is 1. The fourth-order valence-corrected chi connectivity index (χ4v) is 3.35. The number of methoxy groups -OCH3 is 1. The van der Waals surface area contributed by atoms with Gasteiger partial charge in [-0.25, -0.2) is 4.68 Å². The molecule has 1 aromatic heterocycles. The average Bonchev–Trinajstić information content (AvgIpc) is 3.24. The van der Waals surface area contributed by atoms with Crippen LogP contribution in [0.2, 0.25) is 0 Å². The number of ether oxygens (including phenoxy) is 2. The van der Waals surface area contributed by atoms with Crippen molar-refractivity contribution in [3.8, 4) is 23.1 Å². The van der Waals surface area contributed by atoms with Crippen molar-refractivity contribution in [2.24, 2.45) is 0 Å². The molecule has 0 aliphatic carbocycles. The molecule has 0 aliphatic heterocycles. The van der Waals surface area contributed by atoms with Gasteiger partial charge in [-0.15, -0.1) is 5.10 Å². The summed E-state index contributed by atoms with van der Waals surface area (Å²) < 4.78 is 12.4. The van der Waals surface area contributed by atoms with Crippen LogP contribution in [0.1, 0.15) is 21.5 Å². The van der Waals surface area contributed by atoms with Crippen LogP contribution in [0.4, 0.5) is 5.69 Å². The molecule has 0 fully saturated rings. The van der Waals surface area contributed by atoms with Crippen LogP contribution in [0.25, 0.3) is 17.1 Å². The number of carbonyl (C=O) groups excluding carboxylic acids is 1. The maximum atomic E-state index is 12.6. The van der Waals surface area contributed by atoms with Gasteiger partial charge >= 0.3 is 6.01 Å². The van der Waals surface area contributed by atoms with E-state index in [1.807, 2.05) is 86.6 Å². The van der Waals surface area contributed by atoms with E-state index in [-0.39, 0.29) is 11.9 Å². The third-order valence-electron chi connectivity index (χ3n) is 5.18. The monoisotopic (exact) mass is 442 g/mol. The minimum atomic E-state index is -0.143. The van der Waals surface area contributed by atoms with E-state index in [1.54, 1.807) is 11.8 Å². The van der Waals surface area contributed by atoms with E-state index in [9.17, 15) is 4.79 Å². The van der Waals surface area contributed by atoms with Crippen LogP contribution < -0.4 is 10.1 Å². The largest absolute Gasteiger partial charge is 0.460 e. The topological polar surface area (TPSA) is 78.3 Å². The van der Waals surface area contributed by atoms with Crippen molar-refractivity contribution in [3.05, 3.63) is 89.5 Å². The molecule has 1 N–H and O–H groups in total. The summed E-state index contributed by atoms with van der Waals surface area (Å²) >= 11 is 0. The van der Waals surface area contributed by atoms with E-state index < -0.39 is 0 Å². The molecule has 1 amide bonds. The van der Waals surface area contributed by atoms with Crippen LogP contribution in [-0.4, -0.2) is 41.0 Å². The molecule has 0 spiro atoms. The lowest BCUT2D eigenvalue weighted by atomic mass is 10.1. The molecule has 0 saturated carbocycles. The number of amides is 1. The minimum Gasteiger partial charge on any atom is -0.460 e. The van der Waals surface area contributed by atoms with Gasteiger partial charge in [0.05, 0.1) is 12.3 Å². The maximum Gasteiger partial charge on any atom is 0.336 e. The van der Waals surface area contributed by atoms with Crippen molar-refractivity contribution in [2.45, 2.75) is 13.8 Å². The van der Waals surface area contributed by atoms with Gasteiger partial charge in [0.15, 0.2) is 5.82 Å². The summed E-state index contributed by atoms with van der Waals surface area (Å²) in [6.45, 7) is 4.76. The van der Waals surface area contributed by atoms with Gasteiger partial charge in [0.25, 0.3) is 5.91 Å². The second kappa shape index (κ2) is 10.1. The van der Waals surface area contributed by atoms with Crippen molar-refractivity contribution in [1.82, 2.24) is 14.8 Å². The SMILES string of the molecule is COCCOc1nc(-c2ccc(C)cc2)n(-c2ccc(NC(=O)c3ccccc3C)cc2)n1. The summed E-state index contributed by atoms with van der Waals surface area (Å²) in [6.07, 6.45) is 0. The van der Waals surface area contributed by atoms with Crippen LogP contribution in [0.5, 0.6) is 6.01 Å². The van der Waals surface area contributed by atoms with E-state index >= 15 is 0 Å². The fourth-order valence-electron chi connectivity index (χ4n) is 3.35. The van der Waals surface area contributed by atoms with Gasteiger partial charge in [-0.3, -0.25) is 4.79 Å². The van der Waals surface area contributed by atoms with E-state index in [2.05, 4.69) is 15.4 Å². The van der Waals surface area contributed by atoms with Crippen LogP contribution in [0, 0.1) is 13.8 Å². The van der Waals surface area contributed by atoms with Crippen molar-refractivity contribution in [1.29, 1.82) is 0 Å². The summed E-state index contributed by atoms with van der Waals surface area (Å²) in [4.78, 5) is 17.2. The van der Waals surface area contributed by atoms with Crippen molar-refractivity contribution in [3.63, 3.8) is 0 Å². The number of nitrogens with zero attached hydrogens (tertiary/aromatic N) is 3. The Balaban J connectivity index is 1.60. The van der Waals surface area contributed by atoms with Crippen LogP contribution in [0.15, 0.2) is 72.8 Å². The number of hydrogen-bond donors (Lipinski definition) is 1. The molecule has 1 heterocycles. The van der Waals surface area contributed by atoms with E-state index in [0.717, 1.165) is 22.4 Å². The molecule has 0 aliphatic rings. The molecule has 0 saturated heterocycles. The zero-order valence-electron chi connectivity index (χ0n) is 18.9. The Bertz CT molecular complexity index is 1230. The van der Waals surface area contributed by atoms with Gasteiger partial charge in [-0.2, -0.15) is 4.98 Å². The normalized spacial score (nSPS) is 10.8. The van der Waals surface area contributed by atoms with Crippen LogP contribution in [-0.2, 0) is 4.74 Å². The van der Waals surface area contributed by atoms with Crippen molar-refractivity contribution < 1.29 is 14.3 Å². The summed E-state index contributed by atoms with van der Waals surface area (Å²) in [5.74, 6) is 0.523. The highest BCUT2D eigenvalue weighted by molar-refractivity contribution is 6.05. The first-order chi connectivity index (χ1) is 16.0. The standard InChI is InChI=1S/C26H26N4O3/c1-18-8-10-20(11-9-18)24-28-26(33-17-16-32-3)29-30(24)22-14-12-21(13-15-22)27-25(31)23-7-5-4-6-19(23)2/h4-15H,16-17H2,1-3H3,(H,27,31). The van der Waals surface area contributed by atoms with Crippen molar-refractivity contribution >= 4 is 11.6 Å². The third-order valence-corrected chi connectivity index (χ3v) is 5.18. The highest BCUT2D eigenvalue weighted by Crippen LogP contribution is 2.25. The second-order valence-corrected chi connectivity index (χ2v) is 7.65. The van der Waals surface area contributed by atoms with E-state index in [1.165, 1.54) is 0 Å². The van der Waals surface area contributed by atoms with Crippen LogP contribution >= 0.6 is 0 Å². The van der Waals surface area contributed by atoms with Gasteiger partial charge in [0.1, 0.15) is 6.61 Å². The molecule has 0 bridgehead atoms. The maximum absolute atomic E-state index is 12.6. The first-order valence-corrected chi connectivity index (χ1v) is 10.7. The first-order valence-electron chi connectivity index (χ1n) is 10.7. The van der Waals surface area contributed by atoms with E-state index in [4.69, 9.17) is 9.47 Å². The summed E-state index contributed by atoms with van der Waals surface area (Å²) in [5.41, 5.74) is 5.16. The molecular weight excluding hydrogens is 416 g/mol. The lowest BCUT2D eigenvalue weighted by molar-refractivity contribution is 0.102. The zero-order chi connectivity index (χ0) is 23.2. The molecule has 168 valence electrons. The van der Waals surface area contributed by atoms with Gasteiger partial charge in [-0.1, -0.05) is 48.0 Å². The Morgan fingerprint density at radius 2 is 1.67 bits per heavy atom. The Kier molecular flexibility index (Phi) is 6.80. The molecular formula is C26H26N4O3. The number of aromatic nitrogens is 3. The minimum absolute atomic E-state index is 0.143. The Labute approximate surface area is 193 Å². The number of anilines is 1. The first kappa shape index (κ1) is 22.2. The summed E-state index contributed by atoms with van der Waals surface area (Å²) in [6, 6.07) is 23.3. The number of benzene rings is 3. The van der Waals surface area contributed by atoms with Crippen LogP contribution in [0.3, 0.4) is 0 Å². The molecule has 7 nitrogen and oxygen atoms in total. The molecule has 33 heavy (non-hydrogen) atoms. The molecule has 4 aromatic rings. The molecule has 0 atom stereocenters. The Morgan fingerprint density at radius 1 is 0.939 bits per heavy atom. The summed E-state index contributed by atoms with van der Waals surface area (Å²) in [7, 11) is 1.62. The Morgan fingerprint density at radius 3 is 2.36 bits per heavy atom.